The molecule has 3 rings (SSSR count). The first kappa shape index (κ1) is 14.3. The number of hydrogen-bond acceptors (Lipinski definition) is 5. The van der Waals surface area contributed by atoms with Crippen molar-refractivity contribution in [2.24, 2.45) is 0 Å². The van der Waals surface area contributed by atoms with Crippen LogP contribution in [0.15, 0.2) is 30.3 Å². The third-order valence-corrected chi connectivity index (χ3v) is 3.62. The molecule has 0 saturated carbocycles. The van der Waals surface area contributed by atoms with Crippen molar-refractivity contribution in [1.82, 2.24) is 5.32 Å². The van der Waals surface area contributed by atoms with Gasteiger partial charge in [0.15, 0.2) is 0 Å². The number of amides is 2. The topological polar surface area (TPSA) is 133 Å². The summed E-state index contributed by atoms with van der Waals surface area (Å²) in [6, 6.07) is 9.14. The Morgan fingerprint density at radius 2 is 1.78 bits per heavy atom. The molecule has 23 heavy (non-hydrogen) atoms. The van der Waals surface area contributed by atoms with E-state index in [0.717, 1.165) is 0 Å². The van der Waals surface area contributed by atoms with Crippen LogP contribution in [0.3, 0.4) is 0 Å². The minimum atomic E-state index is -1.07. The minimum absolute atomic E-state index is 0.00236. The van der Waals surface area contributed by atoms with Crippen LogP contribution in [0.1, 0.15) is 36.6 Å². The summed E-state index contributed by atoms with van der Waals surface area (Å²) in [4.78, 5) is 34.4. The molecule has 0 spiro atoms. The van der Waals surface area contributed by atoms with E-state index in [1.165, 1.54) is 30.3 Å². The zero-order valence-corrected chi connectivity index (χ0v) is 11.6. The number of nitrogens with one attached hydrogen (secondary N) is 1. The highest BCUT2D eigenvalue weighted by molar-refractivity contribution is 6.24. The van der Waals surface area contributed by atoms with Gasteiger partial charge in [-0.15, -0.1) is 0 Å². The predicted molar refractivity (Wildman–Crippen MR) is 79.8 cm³/mol. The number of fused-ring (bicyclic) bond motifs is 1. The van der Waals surface area contributed by atoms with Crippen LogP contribution >= 0.6 is 0 Å². The maximum atomic E-state index is 11.8. The van der Waals surface area contributed by atoms with Crippen molar-refractivity contribution < 1.29 is 19.5 Å². The summed E-state index contributed by atoms with van der Waals surface area (Å²) in [5.41, 5.74) is 6.96. The lowest BCUT2D eigenvalue weighted by Crippen LogP contribution is -2.20. The molecule has 2 aromatic rings. The van der Waals surface area contributed by atoms with E-state index in [1.54, 1.807) is 0 Å². The Hall–Kier alpha value is -3.66. The lowest BCUT2D eigenvalue weighted by molar-refractivity contribution is 0.0696. The number of rotatable bonds is 2. The number of carboxylic acids is 1. The fraction of sp³-hybridized carbons (Fsp3) is 0. The number of carbonyl (C=O) groups is 3. The highest BCUT2D eigenvalue weighted by atomic mass is 16.4. The fourth-order valence-corrected chi connectivity index (χ4v) is 2.50. The molecule has 0 atom stereocenters. The van der Waals surface area contributed by atoms with Crippen LogP contribution in [0, 0.1) is 11.3 Å². The molecule has 0 aromatic heterocycles. The molecule has 2 amide bonds. The number of aromatic carboxylic acids is 1. The Balaban J connectivity index is 2.24. The summed E-state index contributed by atoms with van der Waals surface area (Å²) in [5.74, 6) is -2.29. The maximum Gasteiger partial charge on any atom is 0.335 e. The van der Waals surface area contributed by atoms with E-state index < -0.39 is 17.8 Å². The summed E-state index contributed by atoms with van der Waals surface area (Å²) in [5, 5.41) is 20.4. The van der Waals surface area contributed by atoms with Gasteiger partial charge in [-0.3, -0.25) is 14.9 Å². The quantitative estimate of drug-likeness (QED) is 0.567. The zero-order valence-electron chi connectivity index (χ0n) is 11.6. The van der Waals surface area contributed by atoms with Crippen molar-refractivity contribution in [3.63, 3.8) is 0 Å². The van der Waals surface area contributed by atoms with Crippen LogP contribution in [-0.2, 0) is 0 Å². The van der Waals surface area contributed by atoms with E-state index >= 15 is 0 Å². The number of benzene rings is 2. The summed E-state index contributed by atoms with van der Waals surface area (Å²) < 4.78 is 0. The van der Waals surface area contributed by atoms with Gasteiger partial charge in [-0.25, -0.2) is 4.79 Å². The summed E-state index contributed by atoms with van der Waals surface area (Å²) in [7, 11) is 0. The molecule has 1 aliphatic rings. The first-order valence-electron chi connectivity index (χ1n) is 6.50. The molecular formula is C16H9N3O4. The van der Waals surface area contributed by atoms with Crippen molar-refractivity contribution in [1.29, 1.82) is 5.26 Å². The van der Waals surface area contributed by atoms with Crippen LogP contribution in [0.4, 0.5) is 5.69 Å². The molecule has 0 unspecified atom stereocenters. The second-order valence-corrected chi connectivity index (χ2v) is 4.91. The van der Waals surface area contributed by atoms with Gasteiger partial charge in [-0.05, 0) is 23.8 Å². The van der Waals surface area contributed by atoms with E-state index in [4.69, 9.17) is 10.8 Å². The van der Waals surface area contributed by atoms with Gasteiger partial charge < -0.3 is 10.8 Å². The first-order chi connectivity index (χ1) is 10.9. The standard InChI is InChI=1S/C16H9N3O4/c17-6-11-9(7-1-3-8(4-2-7)16(22)23)5-10-12(13(11)18)15(21)19-14(10)20/h1-5H,18H2,(H,22,23)(H,19,20,21). The second kappa shape index (κ2) is 4.96. The van der Waals surface area contributed by atoms with Gasteiger partial charge in [0.1, 0.15) is 6.07 Å². The summed E-state index contributed by atoms with van der Waals surface area (Å²) >= 11 is 0. The second-order valence-electron chi connectivity index (χ2n) is 4.91. The number of imide groups is 1. The molecular weight excluding hydrogens is 298 g/mol. The summed E-state index contributed by atoms with van der Waals surface area (Å²) in [6.45, 7) is 0. The number of carboxylic acid groups (broad SMARTS) is 1. The van der Waals surface area contributed by atoms with Crippen molar-refractivity contribution in [2.45, 2.75) is 0 Å². The molecule has 0 fully saturated rings. The number of hydrogen-bond donors (Lipinski definition) is 3. The Labute approximate surface area is 130 Å². The molecule has 2 aromatic carbocycles. The molecule has 7 nitrogen and oxygen atoms in total. The van der Waals surface area contributed by atoms with Gasteiger partial charge in [-0.1, -0.05) is 12.1 Å². The summed E-state index contributed by atoms with van der Waals surface area (Å²) in [6.07, 6.45) is 0. The molecule has 1 heterocycles. The first-order valence-corrected chi connectivity index (χ1v) is 6.50. The van der Waals surface area contributed by atoms with Crippen LogP contribution in [0.5, 0.6) is 0 Å². The average Bonchev–Trinajstić information content (AvgIpc) is 2.82. The van der Waals surface area contributed by atoms with Gasteiger partial charge in [0.2, 0.25) is 0 Å². The number of nitrogens with two attached hydrogens (primary N) is 1. The molecule has 1 aliphatic heterocycles. The van der Waals surface area contributed by atoms with E-state index in [2.05, 4.69) is 5.32 Å². The highest BCUT2D eigenvalue weighted by Crippen LogP contribution is 2.34. The SMILES string of the molecule is N#Cc1c(-c2ccc(C(=O)O)cc2)cc2c(c1N)C(=O)NC2=O. The van der Waals surface area contributed by atoms with E-state index in [-0.39, 0.29) is 27.9 Å². The lowest BCUT2D eigenvalue weighted by Gasteiger charge is -2.10. The minimum Gasteiger partial charge on any atom is -0.478 e. The fourth-order valence-electron chi connectivity index (χ4n) is 2.50. The predicted octanol–water partition coefficient (Wildman–Crippen LogP) is 1.39. The zero-order chi connectivity index (χ0) is 16.7. The average molecular weight is 307 g/mol. The number of nitrogens with zero attached hydrogens (tertiary/aromatic N) is 1. The number of carbonyl (C=O) groups excluding carboxylic acids is 2. The van der Waals surface area contributed by atoms with Gasteiger partial charge in [-0.2, -0.15) is 5.26 Å². The highest BCUT2D eigenvalue weighted by Gasteiger charge is 2.32. The Kier molecular flexibility index (Phi) is 3.08. The van der Waals surface area contributed by atoms with Gasteiger partial charge in [0.05, 0.1) is 27.9 Å². The molecule has 4 N–H and O–H groups in total. The molecule has 7 heteroatoms. The van der Waals surface area contributed by atoms with Crippen LogP contribution in [-0.4, -0.2) is 22.9 Å². The molecule has 0 saturated heterocycles. The smallest absolute Gasteiger partial charge is 0.335 e. The van der Waals surface area contributed by atoms with E-state index in [1.807, 2.05) is 6.07 Å². The molecule has 0 aliphatic carbocycles. The van der Waals surface area contributed by atoms with E-state index in [9.17, 15) is 19.6 Å². The third-order valence-electron chi connectivity index (χ3n) is 3.62. The maximum absolute atomic E-state index is 11.8. The third kappa shape index (κ3) is 2.10. The Morgan fingerprint density at radius 1 is 1.13 bits per heavy atom. The molecule has 0 radical (unpaired) electrons. The molecule has 112 valence electrons. The monoisotopic (exact) mass is 307 g/mol. The molecule has 0 bridgehead atoms. The van der Waals surface area contributed by atoms with E-state index in [0.29, 0.717) is 11.1 Å². The lowest BCUT2D eigenvalue weighted by atomic mass is 9.92. The van der Waals surface area contributed by atoms with Crippen molar-refractivity contribution in [2.75, 3.05) is 5.73 Å². The van der Waals surface area contributed by atoms with Gasteiger partial charge in [0, 0.05) is 5.56 Å². The van der Waals surface area contributed by atoms with Crippen LogP contribution in [0.2, 0.25) is 0 Å². The normalized spacial score (nSPS) is 12.5. The Morgan fingerprint density at radius 3 is 2.35 bits per heavy atom. The largest absolute Gasteiger partial charge is 0.478 e. The van der Waals surface area contributed by atoms with Gasteiger partial charge >= 0.3 is 5.97 Å². The van der Waals surface area contributed by atoms with Gasteiger partial charge in [0.25, 0.3) is 11.8 Å². The number of nitrogen functional groups attached to an aromatic ring is 1. The van der Waals surface area contributed by atoms with Crippen molar-refractivity contribution >= 4 is 23.5 Å². The number of anilines is 1. The Bertz CT molecular complexity index is 924. The van der Waals surface area contributed by atoms with Crippen molar-refractivity contribution in [3.05, 3.63) is 52.6 Å². The number of nitriles is 1. The van der Waals surface area contributed by atoms with Crippen LogP contribution in [0.25, 0.3) is 11.1 Å². The van der Waals surface area contributed by atoms with Crippen molar-refractivity contribution in [3.8, 4) is 17.2 Å². The van der Waals surface area contributed by atoms with Crippen LogP contribution < -0.4 is 11.1 Å².